The second-order valence-corrected chi connectivity index (χ2v) is 5.67. The molecule has 1 heterocycles. The molecule has 4 unspecified atom stereocenters. The highest BCUT2D eigenvalue weighted by molar-refractivity contribution is 5.86. The van der Waals surface area contributed by atoms with Crippen molar-refractivity contribution in [3.8, 4) is 0 Å². The van der Waals surface area contributed by atoms with Crippen LogP contribution in [0.15, 0.2) is 30.5 Å². The van der Waals surface area contributed by atoms with Gasteiger partial charge >= 0.3 is 5.97 Å². The minimum Gasteiger partial charge on any atom is -0.481 e. The molecule has 106 valence electrons. The Kier molecular flexibility index (Phi) is 3.12. The van der Waals surface area contributed by atoms with Crippen LogP contribution in [-0.4, -0.2) is 21.6 Å². The smallest absolute Gasteiger partial charge is 0.307 e. The maximum Gasteiger partial charge on any atom is 0.307 e. The van der Waals surface area contributed by atoms with Gasteiger partial charge in [0.25, 0.3) is 0 Å². The van der Waals surface area contributed by atoms with Gasteiger partial charge in [-0.1, -0.05) is 12.2 Å². The molecule has 1 aromatic rings. The molecular formula is C15H18N2O3. The molecule has 2 bridgehead atoms. The van der Waals surface area contributed by atoms with Gasteiger partial charge in [-0.3, -0.25) is 9.59 Å². The first-order valence-electron chi connectivity index (χ1n) is 6.87. The van der Waals surface area contributed by atoms with Crippen LogP contribution >= 0.6 is 0 Å². The summed E-state index contributed by atoms with van der Waals surface area (Å²) < 4.78 is 1.94. The van der Waals surface area contributed by atoms with Crippen molar-refractivity contribution in [2.75, 3.05) is 0 Å². The molecule has 1 fully saturated rings. The van der Waals surface area contributed by atoms with E-state index in [2.05, 4.69) is 5.32 Å². The summed E-state index contributed by atoms with van der Waals surface area (Å²) >= 11 is 0. The highest BCUT2D eigenvalue weighted by Crippen LogP contribution is 2.48. The fraction of sp³-hybridized carbons (Fsp3) is 0.467. The number of rotatable bonds is 4. The Labute approximate surface area is 117 Å². The van der Waals surface area contributed by atoms with Gasteiger partial charge in [0.15, 0.2) is 0 Å². The quantitative estimate of drug-likeness (QED) is 0.809. The number of aliphatic carboxylic acids is 1. The SMILES string of the molecule is Cn1cccc1CNC(=O)C1C2C=CC(C2)C1C(=O)O. The van der Waals surface area contributed by atoms with Gasteiger partial charge in [0.05, 0.1) is 18.4 Å². The van der Waals surface area contributed by atoms with Crippen LogP contribution in [0.5, 0.6) is 0 Å². The summed E-state index contributed by atoms with van der Waals surface area (Å²) in [6.45, 7) is 0.437. The van der Waals surface area contributed by atoms with Gasteiger partial charge in [-0.25, -0.2) is 0 Å². The van der Waals surface area contributed by atoms with E-state index in [-0.39, 0.29) is 17.7 Å². The van der Waals surface area contributed by atoms with Crippen molar-refractivity contribution >= 4 is 11.9 Å². The van der Waals surface area contributed by atoms with Gasteiger partial charge in [-0.15, -0.1) is 0 Å². The molecule has 5 nitrogen and oxygen atoms in total. The minimum atomic E-state index is -0.860. The number of fused-ring (bicyclic) bond motifs is 2. The summed E-state index contributed by atoms with van der Waals surface area (Å²) in [6.07, 6.45) is 6.66. The first-order valence-corrected chi connectivity index (χ1v) is 6.87. The Morgan fingerprint density at radius 2 is 2.05 bits per heavy atom. The predicted molar refractivity (Wildman–Crippen MR) is 72.6 cm³/mol. The molecule has 0 spiro atoms. The fourth-order valence-electron chi connectivity index (χ4n) is 3.49. The maximum atomic E-state index is 12.3. The van der Waals surface area contributed by atoms with Crippen LogP contribution < -0.4 is 5.32 Å². The Morgan fingerprint density at radius 1 is 1.35 bits per heavy atom. The molecule has 20 heavy (non-hydrogen) atoms. The van der Waals surface area contributed by atoms with Crippen molar-refractivity contribution in [2.24, 2.45) is 30.7 Å². The van der Waals surface area contributed by atoms with Crippen LogP contribution in [0.3, 0.4) is 0 Å². The lowest BCUT2D eigenvalue weighted by molar-refractivity contribution is -0.147. The molecule has 1 aromatic heterocycles. The molecule has 5 heteroatoms. The third-order valence-corrected chi connectivity index (χ3v) is 4.54. The van der Waals surface area contributed by atoms with E-state index in [4.69, 9.17) is 0 Å². The molecule has 2 N–H and O–H groups in total. The van der Waals surface area contributed by atoms with Crippen molar-refractivity contribution < 1.29 is 14.7 Å². The first-order chi connectivity index (χ1) is 9.58. The summed E-state index contributed by atoms with van der Waals surface area (Å²) in [7, 11) is 1.92. The summed E-state index contributed by atoms with van der Waals surface area (Å²) in [4.78, 5) is 23.7. The van der Waals surface area contributed by atoms with Gasteiger partial charge in [0.1, 0.15) is 0 Å². The lowest BCUT2D eigenvalue weighted by atomic mass is 9.82. The number of hydrogen-bond acceptors (Lipinski definition) is 2. The highest BCUT2D eigenvalue weighted by atomic mass is 16.4. The minimum absolute atomic E-state index is 0.0169. The third-order valence-electron chi connectivity index (χ3n) is 4.54. The molecule has 4 atom stereocenters. The number of carboxylic acids is 1. The average molecular weight is 274 g/mol. The zero-order valence-corrected chi connectivity index (χ0v) is 11.3. The lowest BCUT2D eigenvalue weighted by Gasteiger charge is -2.23. The molecule has 0 aliphatic heterocycles. The molecule has 0 aromatic carbocycles. The van der Waals surface area contributed by atoms with Crippen molar-refractivity contribution in [3.63, 3.8) is 0 Å². The van der Waals surface area contributed by atoms with Crippen LogP contribution in [0, 0.1) is 23.7 Å². The molecule has 2 aliphatic rings. The number of aryl methyl sites for hydroxylation is 1. The number of amides is 1. The lowest BCUT2D eigenvalue weighted by Crippen LogP contribution is -2.40. The summed E-state index contributed by atoms with van der Waals surface area (Å²) in [5, 5.41) is 12.2. The normalized spacial score (nSPS) is 30.6. The average Bonchev–Trinajstić information content (AvgIpc) is 3.10. The monoisotopic (exact) mass is 274 g/mol. The van der Waals surface area contributed by atoms with Crippen LogP contribution in [0.4, 0.5) is 0 Å². The largest absolute Gasteiger partial charge is 0.481 e. The molecule has 0 saturated heterocycles. The Morgan fingerprint density at radius 3 is 2.65 bits per heavy atom. The standard InChI is InChI=1S/C15H18N2O3/c1-17-6-2-3-11(17)8-16-14(18)12-9-4-5-10(7-9)13(12)15(19)20/h2-6,9-10,12-13H,7-8H2,1H3,(H,16,18)(H,19,20). The van der Waals surface area contributed by atoms with E-state index in [9.17, 15) is 14.7 Å². The Bertz CT molecular complexity index is 575. The molecule has 1 amide bonds. The van der Waals surface area contributed by atoms with Gasteiger partial charge in [0, 0.05) is 18.9 Å². The topological polar surface area (TPSA) is 71.3 Å². The van der Waals surface area contributed by atoms with Crippen LogP contribution in [-0.2, 0) is 23.2 Å². The zero-order chi connectivity index (χ0) is 14.3. The van der Waals surface area contributed by atoms with Crippen LogP contribution in [0.1, 0.15) is 12.1 Å². The van der Waals surface area contributed by atoms with Crippen molar-refractivity contribution in [1.29, 1.82) is 0 Å². The van der Waals surface area contributed by atoms with E-state index >= 15 is 0 Å². The van der Waals surface area contributed by atoms with Gasteiger partial charge < -0.3 is 15.0 Å². The number of allylic oxidation sites excluding steroid dienone is 2. The third kappa shape index (κ3) is 2.03. The Balaban J connectivity index is 1.69. The van der Waals surface area contributed by atoms with Gasteiger partial charge in [-0.2, -0.15) is 0 Å². The summed E-state index contributed by atoms with van der Waals surface area (Å²) in [6, 6.07) is 3.86. The van der Waals surface area contributed by atoms with Gasteiger partial charge in [0.2, 0.25) is 5.91 Å². The second-order valence-electron chi connectivity index (χ2n) is 5.67. The number of nitrogens with one attached hydrogen (secondary N) is 1. The summed E-state index contributed by atoms with van der Waals surface area (Å²) in [5.41, 5.74) is 1.00. The number of aromatic nitrogens is 1. The Hall–Kier alpha value is -2.04. The predicted octanol–water partition coefficient (Wildman–Crippen LogP) is 1.16. The van der Waals surface area contributed by atoms with Crippen LogP contribution in [0.2, 0.25) is 0 Å². The van der Waals surface area contributed by atoms with Gasteiger partial charge in [-0.05, 0) is 30.4 Å². The van der Waals surface area contributed by atoms with Crippen LogP contribution in [0.25, 0.3) is 0 Å². The number of nitrogens with zero attached hydrogens (tertiary/aromatic N) is 1. The van der Waals surface area contributed by atoms with E-state index in [1.54, 1.807) is 0 Å². The number of carbonyl (C=O) groups is 2. The molecular weight excluding hydrogens is 256 g/mol. The zero-order valence-electron chi connectivity index (χ0n) is 11.3. The van der Waals surface area contributed by atoms with Crippen molar-refractivity contribution in [1.82, 2.24) is 9.88 Å². The van der Waals surface area contributed by atoms with E-state index in [1.165, 1.54) is 0 Å². The second kappa shape index (κ2) is 4.81. The number of hydrogen-bond donors (Lipinski definition) is 2. The van der Waals surface area contributed by atoms with E-state index in [0.29, 0.717) is 6.54 Å². The maximum absolute atomic E-state index is 12.3. The molecule has 3 rings (SSSR count). The number of carbonyl (C=O) groups excluding carboxylic acids is 1. The fourth-order valence-corrected chi connectivity index (χ4v) is 3.49. The first kappa shape index (κ1) is 13.0. The van der Waals surface area contributed by atoms with E-state index in [1.807, 2.05) is 42.1 Å². The molecule has 2 aliphatic carbocycles. The highest BCUT2D eigenvalue weighted by Gasteiger charge is 2.51. The van der Waals surface area contributed by atoms with Crippen molar-refractivity contribution in [3.05, 3.63) is 36.2 Å². The van der Waals surface area contributed by atoms with E-state index in [0.717, 1.165) is 12.1 Å². The molecule has 1 saturated carbocycles. The summed E-state index contributed by atoms with van der Waals surface area (Å²) in [5.74, 6) is -1.91. The van der Waals surface area contributed by atoms with E-state index < -0.39 is 17.8 Å². The van der Waals surface area contributed by atoms with Crippen molar-refractivity contribution in [2.45, 2.75) is 13.0 Å². The molecule has 0 radical (unpaired) electrons. The number of carboxylic acid groups (broad SMARTS) is 1.